The summed E-state index contributed by atoms with van der Waals surface area (Å²) in [6.07, 6.45) is 0. The molecule has 7 nitrogen and oxygen atoms in total. The number of fused-ring (bicyclic) bond motifs is 1. The van der Waals surface area contributed by atoms with Crippen molar-refractivity contribution in [2.45, 2.75) is 13.0 Å². The Hall–Kier alpha value is -2.67. The number of carbonyl (C=O) groups excluding carboxylic acids is 2. The number of nitrogens with one attached hydrogen (secondary N) is 1. The molecule has 1 fully saturated rings. The van der Waals surface area contributed by atoms with Crippen LogP contribution in [0.1, 0.15) is 17.5 Å². The number of hydrogen-bond donors (Lipinski definition) is 1. The number of rotatable bonds is 3. The highest BCUT2D eigenvalue weighted by Gasteiger charge is 2.25. The Morgan fingerprint density at radius 2 is 1.92 bits per heavy atom. The van der Waals surface area contributed by atoms with Crippen LogP contribution in [0, 0.1) is 0 Å². The standard InChI is InChI=1S/C17H18N2O5/c1-11(17(22)19-6-8-23-9-7-19)18-16(21)15-10-13(20)12-4-2-3-5-14(12)24-15/h2-5,10-11H,6-9H2,1H3,(H,18,21)/t11-/m0/s1. The van der Waals surface area contributed by atoms with Gasteiger partial charge in [-0.2, -0.15) is 0 Å². The fourth-order valence-electron chi connectivity index (χ4n) is 2.60. The van der Waals surface area contributed by atoms with E-state index in [-0.39, 0.29) is 17.1 Å². The summed E-state index contributed by atoms with van der Waals surface area (Å²) < 4.78 is 10.7. The molecule has 2 heterocycles. The molecule has 3 rings (SSSR count). The molecule has 0 unspecified atom stereocenters. The van der Waals surface area contributed by atoms with E-state index in [2.05, 4.69) is 5.32 Å². The molecular weight excluding hydrogens is 312 g/mol. The molecule has 1 aromatic carbocycles. The summed E-state index contributed by atoms with van der Waals surface area (Å²) in [4.78, 5) is 38.3. The summed E-state index contributed by atoms with van der Waals surface area (Å²) in [5.74, 6) is -0.887. The molecule has 2 amide bonds. The van der Waals surface area contributed by atoms with Gasteiger partial charge in [-0.15, -0.1) is 0 Å². The van der Waals surface area contributed by atoms with Gasteiger partial charge in [-0.1, -0.05) is 12.1 Å². The molecule has 7 heteroatoms. The first kappa shape index (κ1) is 16.2. The molecule has 1 aliphatic rings. The van der Waals surface area contributed by atoms with Crippen LogP contribution < -0.4 is 10.7 Å². The van der Waals surface area contributed by atoms with Crippen molar-refractivity contribution < 1.29 is 18.7 Å². The molecule has 0 radical (unpaired) electrons. The second-order valence-corrected chi connectivity index (χ2v) is 5.60. The molecule has 126 valence electrons. The molecule has 1 saturated heterocycles. The van der Waals surface area contributed by atoms with Gasteiger partial charge in [0.1, 0.15) is 11.6 Å². The maximum Gasteiger partial charge on any atom is 0.287 e. The highest BCUT2D eigenvalue weighted by atomic mass is 16.5. The molecule has 1 aromatic heterocycles. The third-order valence-corrected chi connectivity index (χ3v) is 3.90. The number of morpholine rings is 1. The lowest BCUT2D eigenvalue weighted by molar-refractivity contribution is -0.136. The van der Waals surface area contributed by atoms with Gasteiger partial charge in [0.15, 0.2) is 11.2 Å². The van der Waals surface area contributed by atoms with Gasteiger partial charge in [0, 0.05) is 19.2 Å². The van der Waals surface area contributed by atoms with Crippen molar-refractivity contribution in [3.63, 3.8) is 0 Å². The zero-order chi connectivity index (χ0) is 17.1. The van der Waals surface area contributed by atoms with Gasteiger partial charge >= 0.3 is 0 Å². The summed E-state index contributed by atoms with van der Waals surface area (Å²) in [6.45, 7) is 3.60. The number of carbonyl (C=O) groups is 2. The summed E-state index contributed by atoms with van der Waals surface area (Å²) in [7, 11) is 0. The van der Waals surface area contributed by atoms with E-state index in [1.807, 2.05) is 0 Å². The van der Waals surface area contributed by atoms with Crippen molar-refractivity contribution in [2.24, 2.45) is 0 Å². The van der Waals surface area contributed by atoms with E-state index in [1.165, 1.54) is 0 Å². The van der Waals surface area contributed by atoms with Gasteiger partial charge in [-0.3, -0.25) is 14.4 Å². The Bertz CT molecular complexity index is 823. The summed E-state index contributed by atoms with van der Waals surface area (Å²) in [6, 6.07) is 7.12. The smallest absolute Gasteiger partial charge is 0.287 e. The maximum absolute atomic E-state index is 12.3. The third kappa shape index (κ3) is 3.30. The van der Waals surface area contributed by atoms with Crippen LogP contribution in [0.3, 0.4) is 0 Å². The van der Waals surface area contributed by atoms with Crippen LogP contribution in [0.15, 0.2) is 39.5 Å². The molecule has 0 spiro atoms. The van der Waals surface area contributed by atoms with Crippen LogP contribution in [-0.2, 0) is 9.53 Å². The Labute approximate surface area is 138 Å². The molecule has 1 atom stereocenters. The summed E-state index contributed by atoms with van der Waals surface area (Å²) in [5, 5.41) is 2.99. The van der Waals surface area contributed by atoms with E-state index >= 15 is 0 Å². The summed E-state index contributed by atoms with van der Waals surface area (Å²) in [5.41, 5.74) is 0.0384. The highest BCUT2D eigenvalue weighted by molar-refractivity contribution is 5.96. The number of nitrogens with zero attached hydrogens (tertiary/aromatic N) is 1. The van der Waals surface area contributed by atoms with Crippen LogP contribution in [0.5, 0.6) is 0 Å². The summed E-state index contributed by atoms with van der Waals surface area (Å²) >= 11 is 0. The van der Waals surface area contributed by atoms with Crippen molar-refractivity contribution in [3.8, 4) is 0 Å². The maximum atomic E-state index is 12.3. The molecule has 1 aliphatic heterocycles. The van der Waals surface area contributed by atoms with Gasteiger partial charge in [0.05, 0.1) is 18.6 Å². The van der Waals surface area contributed by atoms with Crippen LogP contribution in [0.2, 0.25) is 0 Å². The Morgan fingerprint density at radius 3 is 2.67 bits per heavy atom. The second kappa shape index (κ2) is 6.84. The number of hydrogen-bond acceptors (Lipinski definition) is 5. The molecule has 0 aliphatic carbocycles. The fraction of sp³-hybridized carbons (Fsp3) is 0.353. The monoisotopic (exact) mass is 330 g/mol. The van der Waals surface area contributed by atoms with E-state index in [0.29, 0.717) is 37.3 Å². The number of amides is 2. The van der Waals surface area contributed by atoms with Gasteiger partial charge in [-0.05, 0) is 19.1 Å². The van der Waals surface area contributed by atoms with Crippen molar-refractivity contribution in [2.75, 3.05) is 26.3 Å². The fourth-order valence-corrected chi connectivity index (χ4v) is 2.60. The minimum atomic E-state index is -0.715. The first-order chi connectivity index (χ1) is 11.6. The van der Waals surface area contributed by atoms with Gasteiger partial charge < -0.3 is 19.4 Å². The van der Waals surface area contributed by atoms with Gasteiger partial charge in [0.25, 0.3) is 5.91 Å². The molecule has 0 saturated carbocycles. The molecular formula is C17H18N2O5. The molecule has 2 aromatic rings. The number of ether oxygens (including phenoxy) is 1. The van der Waals surface area contributed by atoms with E-state index in [0.717, 1.165) is 6.07 Å². The SMILES string of the molecule is C[C@H](NC(=O)c1cc(=O)c2ccccc2o1)C(=O)N1CCOCC1. The van der Waals surface area contributed by atoms with Crippen molar-refractivity contribution in [3.05, 3.63) is 46.3 Å². The molecule has 1 N–H and O–H groups in total. The van der Waals surface area contributed by atoms with Crippen LogP contribution in [0.4, 0.5) is 0 Å². The number of benzene rings is 1. The lowest BCUT2D eigenvalue weighted by Crippen LogP contribution is -2.50. The first-order valence-corrected chi connectivity index (χ1v) is 7.76. The minimum Gasteiger partial charge on any atom is -0.451 e. The van der Waals surface area contributed by atoms with E-state index in [4.69, 9.17) is 9.15 Å². The lowest BCUT2D eigenvalue weighted by atomic mass is 10.2. The van der Waals surface area contributed by atoms with Crippen molar-refractivity contribution in [1.82, 2.24) is 10.2 Å². The third-order valence-electron chi connectivity index (χ3n) is 3.90. The Kier molecular flexibility index (Phi) is 4.61. The van der Waals surface area contributed by atoms with Crippen LogP contribution in [0.25, 0.3) is 11.0 Å². The predicted octanol–water partition coefficient (Wildman–Crippen LogP) is 0.770. The van der Waals surface area contributed by atoms with Crippen LogP contribution in [-0.4, -0.2) is 49.1 Å². The normalized spacial score (nSPS) is 16.0. The number of para-hydroxylation sites is 1. The topological polar surface area (TPSA) is 88.8 Å². The van der Waals surface area contributed by atoms with E-state index in [9.17, 15) is 14.4 Å². The van der Waals surface area contributed by atoms with E-state index in [1.54, 1.807) is 36.1 Å². The van der Waals surface area contributed by atoms with Gasteiger partial charge in [-0.25, -0.2) is 0 Å². The largest absolute Gasteiger partial charge is 0.451 e. The first-order valence-electron chi connectivity index (χ1n) is 7.76. The zero-order valence-electron chi connectivity index (χ0n) is 13.3. The zero-order valence-corrected chi connectivity index (χ0v) is 13.3. The molecule has 24 heavy (non-hydrogen) atoms. The molecule has 0 bridgehead atoms. The van der Waals surface area contributed by atoms with E-state index < -0.39 is 11.9 Å². The Morgan fingerprint density at radius 1 is 1.21 bits per heavy atom. The average molecular weight is 330 g/mol. The predicted molar refractivity (Wildman–Crippen MR) is 86.8 cm³/mol. The second-order valence-electron chi connectivity index (χ2n) is 5.60. The minimum absolute atomic E-state index is 0.111. The highest BCUT2D eigenvalue weighted by Crippen LogP contribution is 2.12. The lowest BCUT2D eigenvalue weighted by Gasteiger charge is -2.29. The van der Waals surface area contributed by atoms with Gasteiger partial charge in [0.2, 0.25) is 5.91 Å². The van der Waals surface area contributed by atoms with Crippen molar-refractivity contribution >= 4 is 22.8 Å². The van der Waals surface area contributed by atoms with Crippen LogP contribution >= 0.6 is 0 Å². The van der Waals surface area contributed by atoms with Crippen molar-refractivity contribution in [1.29, 1.82) is 0 Å². The quantitative estimate of drug-likeness (QED) is 0.898. The Balaban J connectivity index is 1.74. The average Bonchev–Trinajstić information content (AvgIpc) is 2.61.